The van der Waals surface area contributed by atoms with Crippen LogP contribution in [-0.2, 0) is 0 Å². The van der Waals surface area contributed by atoms with Crippen LogP contribution in [0.3, 0.4) is 0 Å². The maximum Gasteiger partial charge on any atom is 0.144 e. The summed E-state index contributed by atoms with van der Waals surface area (Å²) in [5.41, 5.74) is 3.26. The highest BCUT2D eigenvalue weighted by Gasteiger charge is 2.18. The normalized spacial score (nSPS) is 11.1. The van der Waals surface area contributed by atoms with E-state index in [-0.39, 0.29) is 5.75 Å². The third kappa shape index (κ3) is 4.90. The summed E-state index contributed by atoms with van der Waals surface area (Å²) in [6.45, 7) is 1.48. The Hall–Kier alpha value is -3.28. The van der Waals surface area contributed by atoms with E-state index in [1.165, 1.54) is 0 Å². The number of halogens is 1. The quantitative estimate of drug-likeness (QED) is 0.388. The number of pyridine rings is 1. The van der Waals surface area contributed by atoms with Gasteiger partial charge in [-0.05, 0) is 74.8 Å². The number of likely N-dealkylation sites (N-methyl/N-ethyl adjacent to an activating group) is 1. The number of phenols is 1. The lowest BCUT2D eigenvalue weighted by Crippen LogP contribution is -2.19. The van der Waals surface area contributed by atoms with Crippen molar-refractivity contribution in [1.29, 1.82) is 0 Å². The summed E-state index contributed by atoms with van der Waals surface area (Å²) in [5, 5.41) is 10.4. The summed E-state index contributed by atoms with van der Waals surface area (Å²) in [7, 11) is 4.03. The van der Waals surface area contributed by atoms with Crippen LogP contribution >= 0.6 is 11.6 Å². The van der Waals surface area contributed by atoms with E-state index >= 15 is 0 Å². The summed E-state index contributed by atoms with van der Waals surface area (Å²) in [6, 6.07) is 20.5. The predicted molar refractivity (Wildman–Crippen MR) is 124 cm³/mol. The van der Waals surface area contributed by atoms with Gasteiger partial charge in [-0.15, -0.1) is 0 Å². The Morgan fingerprint density at radius 3 is 2.45 bits per heavy atom. The fraction of sp³-hybridized carbons (Fsp3) is 0.160. The minimum Gasteiger partial charge on any atom is -0.506 e. The molecule has 0 unspecified atom stereocenters. The van der Waals surface area contributed by atoms with Crippen molar-refractivity contribution in [1.82, 2.24) is 9.88 Å². The first-order chi connectivity index (χ1) is 15.0. The van der Waals surface area contributed by atoms with Gasteiger partial charge in [-0.3, -0.25) is 4.98 Å². The minimum atomic E-state index is 0.00307. The second-order valence-corrected chi connectivity index (χ2v) is 7.82. The van der Waals surface area contributed by atoms with Gasteiger partial charge in [-0.2, -0.15) is 0 Å². The number of aromatic nitrogens is 1. The minimum absolute atomic E-state index is 0.00307. The third-order valence-corrected chi connectivity index (χ3v) is 5.15. The molecule has 1 N–H and O–H groups in total. The van der Waals surface area contributed by atoms with Crippen molar-refractivity contribution in [2.45, 2.75) is 0 Å². The van der Waals surface area contributed by atoms with Crippen LogP contribution in [0.1, 0.15) is 0 Å². The first-order valence-corrected chi connectivity index (χ1v) is 10.3. The van der Waals surface area contributed by atoms with Crippen LogP contribution in [0.15, 0.2) is 77.3 Å². The van der Waals surface area contributed by atoms with Crippen molar-refractivity contribution in [3.05, 3.63) is 77.9 Å². The first-order valence-electron chi connectivity index (χ1n) is 9.93. The van der Waals surface area contributed by atoms with Crippen LogP contribution in [0, 0.1) is 0 Å². The van der Waals surface area contributed by atoms with Crippen LogP contribution in [0.2, 0.25) is 5.02 Å². The Kier molecular flexibility index (Phi) is 6.26. The van der Waals surface area contributed by atoms with Gasteiger partial charge in [0, 0.05) is 29.4 Å². The Labute approximate surface area is 186 Å². The number of benzene rings is 2. The van der Waals surface area contributed by atoms with Gasteiger partial charge in [0.15, 0.2) is 0 Å². The van der Waals surface area contributed by atoms with Crippen LogP contribution in [-0.4, -0.2) is 42.2 Å². The van der Waals surface area contributed by atoms with Crippen LogP contribution in [0.25, 0.3) is 33.9 Å². The topological polar surface area (TPSA) is 58.7 Å². The Balaban J connectivity index is 1.69. The average molecular weight is 435 g/mol. The molecule has 0 radical (unpaired) electrons. The fourth-order valence-electron chi connectivity index (χ4n) is 3.18. The van der Waals surface area contributed by atoms with E-state index in [1.807, 2.05) is 68.7 Å². The summed E-state index contributed by atoms with van der Waals surface area (Å²) in [5.74, 6) is 2.13. The molecule has 6 heteroatoms. The maximum absolute atomic E-state index is 10.1. The Morgan fingerprint density at radius 2 is 1.77 bits per heavy atom. The van der Waals surface area contributed by atoms with Crippen LogP contribution in [0.4, 0.5) is 0 Å². The van der Waals surface area contributed by atoms with E-state index in [0.717, 1.165) is 34.7 Å². The number of aromatic hydroxyl groups is 1. The molecule has 0 bridgehead atoms. The van der Waals surface area contributed by atoms with Crippen molar-refractivity contribution in [2.75, 3.05) is 27.2 Å². The largest absolute Gasteiger partial charge is 0.506 e. The van der Waals surface area contributed by atoms with Gasteiger partial charge in [0.05, 0.1) is 10.7 Å². The summed E-state index contributed by atoms with van der Waals surface area (Å²) in [6.07, 6.45) is 1.74. The SMILES string of the molecule is CN(C)CCOc1ccc(-c2cc(-c3ccccn3)c(-c3ccc(Cl)c(O)c3)o2)cc1. The van der Waals surface area contributed by atoms with Gasteiger partial charge in [-0.25, -0.2) is 0 Å². The number of ether oxygens (including phenoxy) is 1. The van der Waals surface area contributed by atoms with Crippen LogP contribution < -0.4 is 4.74 Å². The lowest BCUT2D eigenvalue weighted by Gasteiger charge is -2.11. The summed E-state index contributed by atoms with van der Waals surface area (Å²) in [4.78, 5) is 6.55. The molecule has 4 rings (SSSR count). The second kappa shape index (κ2) is 9.25. The van der Waals surface area contributed by atoms with Crippen molar-refractivity contribution in [2.24, 2.45) is 0 Å². The highest BCUT2D eigenvalue weighted by atomic mass is 35.5. The highest BCUT2D eigenvalue weighted by Crippen LogP contribution is 2.40. The number of hydrogen-bond acceptors (Lipinski definition) is 5. The number of nitrogens with zero attached hydrogens (tertiary/aromatic N) is 2. The molecule has 0 saturated heterocycles. The zero-order valence-electron chi connectivity index (χ0n) is 17.4. The van der Waals surface area contributed by atoms with Crippen molar-refractivity contribution in [3.8, 4) is 45.4 Å². The van der Waals surface area contributed by atoms with E-state index in [0.29, 0.717) is 23.2 Å². The molecule has 0 aliphatic carbocycles. The monoisotopic (exact) mass is 434 g/mol. The number of furan rings is 1. The van der Waals surface area contributed by atoms with Crippen molar-refractivity contribution < 1.29 is 14.3 Å². The first kappa shape index (κ1) is 21.0. The van der Waals surface area contributed by atoms with E-state index in [2.05, 4.69) is 9.88 Å². The van der Waals surface area contributed by atoms with E-state index < -0.39 is 0 Å². The Morgan fingerprint density at radius 1 is 1.00 bits per heavy atom. The number of phenolic OH excluding ortho intramolecular Hbond substituents is 1. The molecule has 0 aliphatic rings. The molecule has 0 atom stereocenters. The summed E-state index contributed by atoms with van der Waals surface area (Å²) >= 11 is 5.99. The molecule has 0 aliphatic heterocycles. The van der Waals surface area contributed by atoms with E-state index in [9.17, 15) is 5.11 Å². The molecule has 5 nitrogen and oxygen atoms in total. The molecular weight excluding hydrogens is 412 g/mol. The molecule has 0 spiro atoms. The van der Waals surface area contributed by atoms with Gasteiger partial charge < -0.3 is 19.2 Å². The molecule has 2 heterocycles. The van der Waals surface area contributed by atoms with Gasteiger partial charge in [0.2, 0.25) is 0 Å². The molecule has 0 fully saturated rings. The van der Waals surface area contributed by atoms with Gasteiger partial charge >= 0.3 is 0 Å². The van der Waals surface area contributed by atoms with Gasteiger partial charge in [0.1, 0.15) is 29.6 Å². The summed E-state index contributed by atoms with van der Waals surface area (Å²) < 4.78 is 12.0. The van der Waals surface area contributed by atoms with Crippen LogP contribution in [0.5, 0.6) is 11.5 Å². The third-order valence-electron chi connectivity index (χ3n) is 4.83. The molecule has 2 aromatic carbocycles. The zero-order chi connectivity index (χ0) is 21.8. The van der Waals surface area contributed by atoms with Gasteiger partial charge in [-0.1, -0.05) is 17.7 Å². The molecule has 158 valence electrons. The number of hydrogen-bond donors (Lipinski definition) is 1. The smallest absolute Gasteiger partial charge is 0.144 e. The zero-order valence-corrected chi connectivity index (χ0v) is 18.1. The predicted octanol–water partition coefficient (Wildman–Crippen LogP) is 5.98. The van der Waals surface area contributed by atoms with E-state index in [1.54, 1.807) is 18.3 Å². The lowest BCUT2D eigenvalue weighted by atomic mass is 10.0. The number of rotatable bonds is 7. The standard InChI is InChI=1S/C25H23ClN2O3/c1-28(2)13-14-30-19-9-6-17(7-10-19)24-16-20(22-5-3-4-12-27-22)25(31-24)18-8-11-21(26)23(29)15-18/h3-12,15-16,29H,13-14H2,1-2H3. The Bertz CT molecular complexity index is 1160. The lowest BCUT2D eigenvalue weighted by molar-refractivity contribution is 0.261. The molecule has 0 saturated carbocycles. The fourth-order valence-corrected chi connectivity index (χ4v) is 3.29. The van der Waals surface area contributed by atoms with Crippen molar-refractivity contribution >= 4 is 11.6 Å². The molecule has 4 aromatic rings. The molecule has 31 heavy (non-hydrogen) atoms. The van der Waals surface area contributed by atoms with E-state index in [4.69, 9.17) is 20.8 Å². The molecule has 0 amide bonds. The maximum atomic E-state index is 10.1. The average Bonchev–Trinajstić information content (AvgIpc) is 3.22. The highest BCUT2D eigenvalue weighted by molar-refractivity contribution is 6.32. The van der Waals surface area contributed by atoms with Gasteiger partial charge in [0.25, 0.3) is 0 Å². The second-order valence-electron chi connectivity index (χ2n) is 7.41. The molecule has 2 aromatic heterocycles. The van der Waals surface area contributed by atoms with Crippen molar-refractivity contribution in [3.63, 3.8) is 0 Å². The molecular formula is C25H23ClN2O3.